The van der Waals surface area contributed by atoms with Crippen LogP contribution >= 0.6 is 11.6 Å². The summed E-state index contributed by atoms with van der Waals surface area (Å²) in [6, 6.07) is 15.0. The van der Waals surface area contributed by atoms with Gasteiger partial charge in [0.15, 0.2) is 0 Å². The zero-order valence-electron chi connectivity index (χ0n) is 26.6. The molecule has 0 amide bonds. The Bertz CT molecular complexity index is 1190. The fraction of sp³-hybridized carbons (Fsp3) is 0.526. The van der Waals surface area contributed by atoms with E-state index in [0.717, 1.165) is 44.7 Å². The molecule has 2 N–H and O–H groups in total. The van der Waals surface area contributed by atoms with Crippen LogP contribution in [0, 0.1) is 0 Å². The maximum Gasteiger partial charge on any atom is 0.213 e. The van der Waals surface area contributed by atoms with Crippen LogP contribution in [0.1, 0.15) is 113 Å². The highest BCUT2D eigenvalue weighted by molar-refractivity contribution is 6.21. The van der Waals surface area contributed by atoms with Crippen molar-refractivity contribution in [3.05, 3.63) is 95.5 Å². The van der Waals surface area contributed by atoms with Gasteiger partial charge in [0, 0.05) is 42.5 Å². The molecule has 0 saturated carbocycles. The molecule has 0 spiro atoms. The summed E-state index contributed by atoms with van der Waals surface area (Å²) in [5, 5.41) is 7.47. The highest BCUT2D eigenvalue weighted by Crippen LogP contribution is 2.30. The van der Waals surface area contributed by atoms with Crippen LogP contribution in [-0.2, 0) is 13.0 Å². The van der Waals surface area contributed by atoms with Crippen molar-refractivity contribution < 1.29 is 4.74 Å². The van der Waals surface area contributed by atoms with E-state index in [1.807, 2.05) is 42.8 Å². The number of hydrogen-bond acceptors (Lipinski definition) is 5. The van der Waals surface area contributed by atoms with Crippen molar-refractivity contribution in [2.24, 2.45) is 4.99 Å². The molecule has 0 bridgehead atoms. The highest BCUT2D eigenvalue weighted by Gasteiger charge is 2.21. The van der Waals surface area contributed by atoms with Gasteiger partial charge in [0.1, 0.15) is 6.61 Å². The van der Waals surface area contributed by atoms with Crippen LogP contribution in [0.4, 0.5) is 0 Å². The number of alkyl halides is 1. The monoisotopic (exact) mass is 616 g/mol. The summed E-state index contributed by atoms with van der Waals surface area (Å²) in [5.41, 5.74) is 4.97. The first-order chi connectivity index (χ1) is 21.8. The molecule has 2 heterocycles. The van der Waals surface area contributed by atoms with Crippen molar-refractivity contribution in [3.63, 3.8) is 0 Å². The van der Waals surface area contributed by atoms with Gasteiger partial charge in [-0.25, -0.2) is 4.98 Å². The Hall–Kier alpha value is -2.89. The van der Waals surface area contributed by atoms with Gasteiger partial charge in [0.25, 0.3) is 0 Å². The van der Waals surface area contributed by atoms with E-state index in [-0.39, 0.29) is 5.38 Å². The zero-order valence-corrected chi connectivity index (χ0v) is 27.3. The third-order valence-electron chi connectivity index (χ3n) is 8.37. The molecule has 1 aromatic heterocycles. The number of aromatic nitrogens is 1. The van der Waals surface area contributed by atoms with E-state index >= 15 is 0 Å². The number of ether oxygens (including phenoxy) is 1. The summed E-state index contributed by atoms with van der Waals surface area (Å²) in [6.07, 6.45) is 30.3. The summed E-state index contributed by atoms with van der Waals surface area (Å²) in [7, 11) is 0. The number of fused-ring (bicyclic) bond motifs is 1. The van der Waals surface area contributed by atoms with Crippen molar-refractivity contribution in [2.45, 2.75) is 114 Å². The quantitative estimate of drug-likeness (QED) is 0.154. The Morgan fingerprint density at radius 3 is 2.52 bits per heavy atom. The lowest BCUT2D eigenvalue weighted by Gasteiger charge is -2.26. The van der Waals surface area contributed by atoms with Gasteiger partial charge in [0.2, 0.25) is 5.88 Å². The molecule has 44 heavy (non-hydrogen) atoms. The second-order valence-corrected chi connectivity index (χ2v) is 12.6. The van der Waals surface area contributed by atoms with Gasteiger partial charge in [-0.05, 0) is 94.0 Å². The average molecular weight is 617 g/mol. The number of hydrogen-bond donors (Lipinski definition) is 2. The normalized spacial score (nSPS) is 19.2. The topological polar surface area (TPSA) is 58.5 Å². The minimum Gasteiger partial charge on any atom is -0.473 e. The fourth-order valence-electron chi connectivity index (χ4n) is 5.82. The lowest BCUT2D eigenvalue weighted by Crippen LogP contribution is -2.26. The number of nitrogens with zero attached hydrogens (tertiary/aromatic N) is 2. The third-order valence-corrected chi connectivity index (χ3v) is 8.69. The summed E-state index contributed by atoms with van der Waals surface area (Å²) in [4.78, 5) is 9.15. The number of allylic oxidation sites excluding steroid dienone is 4. The predicted molar refractivity (Wildman–Crippen MR) is 187 cm³/mol. The van der Waals surface area contributed by atoms with Crippen molar-refractivity contribution in [1.82, 2.24) is 15.6 Å². The van der Waals surface area contributed by atoms with Crippen LogP contribution in [0.5, 0.6) is 5.88 Å². The zero-order chi connectivity index (χ0) is 30.5. The molecule has 1 aromatic carbocycles. The Kier molecular flexibility index (Phi) is 16.2. The summed E-state index contributed by atoms with van der Waals surface area (Å²) < 4.78 is 5.97. The first kappa shape index (κ1) is 34.0. The second kappa shape index (κ2) is 21.0. The van der Waals surface area contributed by atoms with Crippen molar-refractivity contribution in [3.8, 4) is 5.88 Å². The first-order valence-electron chi connectivity index (χ1n) is 17.1. The minimum absolute atomic E-state index is 0.00996. The number of unbranched alkanes of at least 4 members (excludes halogenated alkanes) is 6. The number of aryl methyl sites for hydroxylation is 1. The maximum atomic E-state index is 6.37. The Morgan fingerprint density at radius 2 is 1.66 bits per heavy atom. The van der Waals surface area contributed by atoms with E-state index in [2.05, 4.69) is 52.1 Å². The second-order valence-electron chi connectivity index (χ2n) is 12.0. The SMILES string of the molecule is ClC1C=CN=CCCCCC=C(NCCCCCCCCCNC2CCCc3nc(OCc4ccccc4)ccc32)C=CC1. The molecule has 0 fully saturated rings. The standard InChI is InChI=1S/C38H53ClN4O/c39-33-19-15-21-34(20-11-4-7-12-27-40-30-26-33)41-28-13-5-2-1-3-6-14-29-42-36-22-16-23-37-35(36)24-25-38(43-37)44-31-32-17-9-8-10-18-32/h8-10,15,17-18,20-21,24-27,30,33,36,41-42H,1-7,11-14,16,19,22-23,28-29,31H2. The molecule has 0 saturated heterocycles. The molecule has 0 radical (unpaired) electrons. The summed E-state index contributed by atoms with van der Waals surface area (Å²) in [6.45, 7) is 2.68. The largest absolute Gasteiger partial charge is 0.473 e. The molecular weight excluding hydrogens is 564 g/mol. The lowest BCUT2D eigenvalue weighted by molar-refractivity contribution is 0.291. The Labute approximate surface area is 271 Å². The molecular formula is C38H53ClN4O. The molecule has 5 nitrogen and oxygen atoms in total. The molecule has 2 unspecified atom stereocenters. The van der Waals surface area contributed by atoms with Crippen molar-refractivity contribution >= 4 is 17.8 Å². The molecule has 6 heteroatoms. The Morgan fingerprint density at radius 1 is 0.864 bits per heavy atom. The fourth-order valence-corrected chi connectivity index (χ4v) is 5.99. The van der Waals surface area contributed by atoms with Crippen LogP contribution in [0.15, 0.2) is 83.7 Å². The minimum atomic E-state index is -0.00996. The molecule has 2 aromatic rings. The van der Waals surface area contributed by atoms with E-state index in [4.69, 9.17) is 21.3 Å². The van der Waals surface area contributed by atoms with Gasteiger partial charge in [-0.15, -0.1) is 11.6 Å². The van der Waals surface area contributed by atoms with Gasteiger partial charge in [-0.2, -0.15) is 0 Å². The van der Waals surface area contributed by atoms with Crippen LogP contribution in [-0.4, -0.2) is 29.7 Å². The number of halogens is 1. The van der Waals surface area contributed by atoms with Gasteiger partial charge in [-0.3, -0.25) is 4.99 Å². The molecule has 1 aliphatic heterocycles. The van der Waals surface area contributed by atoms with Crippen molar-refractivity contribution in [2.75, 3.05) is 13.1 Å². The Balaban J connectivity index is 1.04. The molecule has 2 aliphatic rings. The van der Waals surface area contributed by atoms with E-state index in [0.29, 0.717) is 12.6 Å². The summed E-state index contributed by atoms with van der Waals surface area (Å²) >= 11 is 6.37. The van der Waals surface area contributed by atoms with Crippen LogP contribution in [0.2, 0.25) is 0 Å². The molecule has 2 atom stereocenters. The lowest BCUT2D eigenvalue weighted by atomic mass is 9.91. The van der Waals surface area contributed by atoms with E-state index in [1.54, 1.807) is 0 Å². The van der Waals surface area contributed by atoms with Gasteiger partial charge < -0.3 is 15.4 Å². The first-order valence-corrected chi connectivity index (χ1v) is 17.5. The average Bonchev–Trinajstić information content (AvgIpc) is 3.05. The van der Waals surface area contributed by atoms with Crippen LogP contribution in [0.3, 0.4) is 0 Å². The molecule has 238 valence electrons. The number of benzene rings is 1. The smallest absolute Gasteiger partial charge is 0.213 e. The third kappa shape index (κ3) is 13.4. The predicted octanol–water partition coefficient (Wildman–Crippen LogP) is 9.54. The van der Waals surface area contributed by atoms with Crippen molar-refractivity contribution in [1.29, 1.82) is 0 Å². The van der Waals surface area contributed by atoms with Gasteiger partial charge in [0.05, 0.1) is 5.38 Å². The van der Waals surface area contributed by atoms with Crippen LogP contribution in [0.25, 0.3) is 0 Å². The number of aliphatic imine (C=N–C) groups is 1. The maximum absolute atomic E-state index is 6.37. The molecule has 4 rings (SSSR count). The van der Waals surface area contributed by atoms with E-state index in [1.165, 1.54) is 93.1 Å². The van der Waals surface area contributed by atoms with E-state index in [9.17, 15) is 0 Å². The van der Waals surface area contributed by atoms with Crippen LogP contribution < -0.4 is 15.4 Å². The summed E-state index contributed by atoms with van der Waals surface area (Å²) in [5.74, 6) is 0.735. The van der Waals surface area contributed by atoms with Gasteiger partial charge >= 0.3 is 0 Å². The molecule has 1 aliphatic carbocycles. The van der Waals surface area contributed by atoms with E-state index < -0.39 is 0 Å². The highest BCUT2D eigenvalue weighted by atomic mass is 35.5. The number of rotatable bonds is 15. The number of pyridine rings is 1. The number of nitrogens with one attached hydrogen (secondary N) is 2. The van der Waals surface area contributed by atoms with Gasteiger partial charge in [-0.1, -0.05) is 80.7 Å².